The summed E-state index contributed by atoms with van der Waals surface area (Å²) in [4.78, 5) is 6.80. The van der Waals surface area contributed by atoms with Crippen molar-refractivity contribution in [2.24, 2.45) is 10.3 Å². The number of hydrogen-bond donors (Lipinski definition) is 2. The molecule has 0 atom stereocenters. The number of aromatic nitrogens is 2. The highest BCUT2D eigenvalue weighted by Gasteiger charge is 2.17. The fourth-order valence-electron chi connectivity index (χ4n) is 3.49. The lowest BCUT2D eigenvalue weighted by atomic mass is 10.1. The highest BCUT2D eigenvalue weighted by Crippen LogP contribution is 2.11. The third kappa shape index (κ3) is 6.07. The molecule has 3 heterocycles. The smallest absolute Gasteiger partial charge is 0.267 e. The molecule has 0 radical (unpaired) electrons. The maximum Gasteiger partial charge on any atom is 0.267 e. The number of rotatable bonds is 9. The molecule has 158 valence electrons. The summed E-state index contributed by atoms with van der Waals surface area (Å²) in [5, 5.41) is 10.5. The average Bonchev–Trinajstić information content (AvgIpc) is 3.37. The van der Waals surface area contributed by atoms with Gasteiger partial charge in [-0.2, -0.15) is 0 Å². The second-order valence-corrected chi connectivity index (χ2v) is 7.49. The maximum absolute atomic E-state index is 5.55. The molecule has 6 nitrogen and oxygen atoms in total. The van der Waals surface area contributed by atoms with Gasteiger partial charge in [-0.15, -0.1) is 4.68 Å². The van der Waals surface area contributed by atoms with Gasteiger partial charge < -0.3 is 27.1 Å². The molecule has 0 saturated heterocycles. The largest absolute Gasteiger partial charge is 1.00 e. The van der Waals surface area contributed by atoms with E-state index in [1.165, 1.54) is 37.7 Å². The molecular weight excluding hydrogens is 386 g/mol. The zero-order valence-electron chi connectivity index (χ0n) is 17.9. The van der Waals surface area contributed by atoms with E-state index in [9.17, 15) is 0 Å². The van der Waals surface area contributed by atoms with Crippen LogP contribution < -0.4 is 27.8 Å². The highest BCUT2D eigenvalue weighted by molar-refractivity contribution is 5.98. The number of halogens is 1. The number of aryl methyl sites for hydroxylation is 2. The van der Waals surface area contributed by atoms with Crippen LogP contribution in [0.2, 0.25) is 0 Å². The zero-order chi connectivity index (χ0) is 19.9. The van der Waals surface area contributed by atoms with Crippen molar-refractivity contribution in [2.75, 3.05) is 13.7 Å². The van der Waals surface area contributed by atoms with Gasteiger partial charge in [0.05, 0.1) is 17.6 Å². The third-order valence-electron chi connectivity index (χ3n) is 5.06. The molecule has 0 bridgehead atoms. The monoisotopic (exact) mass is 417 g/mol. The van der Waals surface area contributed by atoms with Crippen molar-refractivity contribution in [3.63, 3.8) is 0 Å². The molecule has 3 rings (SSSR count). The third-order valence-corrected chi connectivity index (χ3v) is 5.06. The fraction of sp³-hybridized carbons (Fsp3) is 0.500. The summed E-state index contributed by atoms with van der Waals surface area (Å²) in [6.45, 7) is 7.32. The van der Waals surface area contributed by atoms with Crippen molar-refractivity contribution < 1.29 is 21.8 Å². The van der Waals surface area contributed by atoms with E-state index >= 15 is 0 Å². The number of aromatic amines is 2. The predicted octanol–water partition coefficient (Wildman–Crippen LogP) is 0.734. The molecule has 1 aliphatic heterocycles. The molecule has 0 spiro atoms. The first-order valence-corrected chi connectivity index (χ1v) is 10.3. The van der Waals surface area contributed by atoms with Gasteiger partial charge in [-0.3, -0.25) is 0 Å². The topological polar surface area (TPSA) is 68.5 Å². The molecule has 0 amide bonds. The summed E-state index contributed by atoms with van der Waals surface area (Å²) < 4.78 is 7.49. The van der Waals surface area contributed by atoms with Crippen molar-refractivity contribution in [3.8, 4) is 5.75 Å². The van der Waals surface area contributed by atoms with E-state index in [0.29, 0.717) is 0 Å². The van der Waals surface area contributed by atoms with Crippen molar-refractivity contribution in [3.05, 3.63) is 39.8 Å². The standard InChI is InChI=1S/C22H31N5O.ClH/c1-5-6-7-8-9-10-11-27-15-21(25-26-27)19-14-22(28-4)20(24-19)13-18-16(2)12-17(3)23-18;/h12-15H,5-11H2,1-4H3,(H,23,24);1H. The van der Waals surface area contributed by atoms with Crippen molar-refractivity contribution in [2.45, 2.75) is 59.3 Å². The van der Waals surface area contributed by atoms with Crippen molar-refractivity contribution >= 4 is 18.0 Å². The molecule has 0 aliphatic carbocycles. The molecule has 2 aromatic rings. The molecule has 1 aliphatic rings. The van der Waals surface area contributed by atoms with Gasteiger partial charge in [-0.05, 0) is 44.4 Å². The van der Waals surface area contributed by atoms with Gasteiger partial charge in [0.2, 0.25) is 0 Å². The number of nitrogens with one attached hydrogen (secondary N) is 2. The number of hydrogen-bond acceptors (Lipinski definition) is 3. The summed E-state index contributed by atoms with van der Waals surface area (Å²) in [5.74, 6) is 0.798. The van der Waals surface area contributed by atoms with Crippen LogP contribution in [0.3, 0.4) is 0 Å². The maximum atomic E-state index is 5.55. The minimum atomic E-state index is 0. The quantitative estimate of drug-likeness (QED) is 0.458. The molecule has 7 heteroatoms. The van der Waals surface area contributed by atoms with Crippen LogP contribution in [0.5, 0.6) is 5.75 Å². The first-order valence-electron chi connectivity index (χ1n) is 10.3. The normalized spacial score (nSPS) is 15.6. The summed E-state index contributed by atoms with van der Waals surface area (Å²) in [5.41, 5.74) is 4.27. The Kier molecular flexibility index (Phi) is 8.70. The van der Waals surface area contributed by atoms with Crippen molar-refractivity contribution in [1.82, 2.24) is 9.97 Å². The number of ether oxygens (including phenoxy) is 1. The molecule has 0 aromatic carbocycles. The Morgan fingerprint density at radius 1 is 1.07 bits per heavy atom. The van der Waals surface area contributed by atoms with Gasteiger partial charge >= 0.3 is 0 Å². The van der Waals surface area contributed by atoms with Crippen LogP contribution in [0, 0.1) is 13.8 Å². The molecule has 0 fully saturated rings. The van der Waals surface area contributed by atoms with Crippen LogP contribution in [0.25, 0.3) is 11.8 Å². The predicted molar refractivity (Wildman–Crippen MR) is 113 cm³/mol. The van der Waals surface area contributed by atoms with E-state index in [2.05, 4.69) is 53.2 Å². The Labute approximate surface area is 178 Å². The summed E-state index contributed by atoms with van der Waals surface area (Å²) in [7, 11) is 1.69. The van der Waals surface area contributed by atoms with Gasteiger partial charge in [0, 0.05) is 17.5 Å². The second-order valence-electron chi connectivity index (χ2n) is 7.49. The Hall–Kier alpha value is -2.34. The lowest BCUT2D eigenvalue weighted by Crippen LogP contribution is -3.00. The number of H-pyrrole nitrogens is 2. The van der Waals surface area contributed by atoms with Crippen molar-refractivity contribution in [1.29, 1.82) is 0 Å². The Morgan fingerprint density at radius 2 is 1.83 bits per heavy atom. The second kappa shape index (κ2) is 11.0. The van der Waals surface area contributed by atoms with Gasteiger partial charge in [-0.25, -0.2) is 0 Å². The van der Waals surface area contributed by atoms with Gasteiger partial charge in [-0.1, -0.05) is 32.6 Å². The van der Waals surface area contributed by atoms with E-state index < -0.39 is 0 Å². The molecule has 2 aromatic heterocycles. The Bertz CT molecular complexity index is 984. The number of unbranched alkanes of at least 4 members (excludes halogenated alkanes) is 5. The summed E-state index contributed by atoms with van der Waals surface area (Å²) >= 11 is 0. The number of nitrogens with zero attached hydrogens (tertiary/aromatic N) is 3. The average molecular weight is 418 g/mol. The van der Waals surface area contributed by atoms with Crippen LogP contribution in [0.4, 0.5) is 0 Å². The van der Waals surface area contributed by atoms with E-state index in [4.69, 9.17) is 4.74 Å². The van der Waals surface area contributed by atoms with E-state index in [-0.39, 0.29) is 12.4 Å². The van der Waals surface area contributed by atoms with E-state index in [1.807, 2.05) is 17.0 Å². The molecular formula is C22H32ClN5O. The molecule has 2 N–H and O–H groups in total. The highest BCUT2D eigenvalue weighted by atomic mass is 35.5. The molecule has 0 saturated carbocycles. The van der Waals surface area contributed by atoms with Crippen LogP contribution in [-0.4, -0.2) is 34.5 Å². The van der Waals surface area contributed by atoms with Crippen LogP contribution in [0.15, 0.2) is 22.5 Å². The lowest BCUT2D eigenvalue weighted by molar-refractivity contribution is -0.532. The zero-order valence-corrected chi connectivity index (χ0v) is 18.6. The summed E-state index contributed by atoms with van der Waals surface area (Å²) in [6.07, 6.45) is 11.7. The molecule has 29 heavy (non-hydrogen) atoms. The Balaban J connectivity index is 0.00000300. The minimum absolute atomic E-state index is 0. The SMILES string of the molecule is CCCCCCCC[N+]1=CC(=c2cc(OC)/c(=C/c3[nH]c(C)cc3C)[nH]2)N=N1.[Cl-]. The minimum Gasteiger partial charge on any atom is -1.00 e. The van der Waals surface area contributed by atoms with E-state index in [1.54, 1.807) is 7.11 Å². The van der Waals surface area contributed by atoms with E-state index in [0.717, 1.165) is 46.5 Å². The first-order chi connectivity index (χ1) is 13.6. The van der Waals surface area contributed by atoms with Gasteiger partial charge in [0.25, 0.3) is 5.70 Å². The van der Waals surface area contributed by atoms with Crippen LogP contribution >= 0.6 is 0 Å². The first kappa shape index (κ1) is 22.9. The molecule has 0 unspecified atom stereocenters. The fourth-order valence-corrected chi connectivity index (χ4v) is 3.49. The lowest BCUT2D eigenvalue weighted by Gasteiger charge is -1.97. The van der Waals surface area contributed by atoms with Crippen LogP contribution in [0.1, 0.15) is 62.4 Å². The van der Waals surface area contributed by atoms with Gasteiger partial charge in [0.15, 0.2) is 6.21 Å². The summed E-state index contributed by atoms with van der Waals surface area (Å²) in [6, 6.07) is 4.12. The van der Waals surface area contributed by atoms with Gasteiger partial charge in [0.1, 0.15) is 22.9 Å². The number of methoxy groups -OCH3 is 1. The Morgan fingerprint density at radius 3 is 2.52 bits per heavy atom. The van der Waals surface area contributed by atoms with Crippen LogP contribution in [-0.2, 0) is 0 Å².